The van der Waals surface area contributed by atoms with E-state index in [1.54, 1.807) is 24.7 Å². The Morgan fingerprint density at radius 3 is 2.71 bits per heavy atom. The van der Waals surface area contributed by atoms with Gasteiger partial charge in [0.05, 0.1) is 18.1 Å². The molecule has 1 heterocycles. The summed E-state index contributed by atoms with van der Waals surface area (Å²) < 4.78 is 4.96. The molecule has 0 saturated carbocycles. The first-order valence-electron chi connectivity index (χ1n) is 4.13. The third-order valence-corrected chi connectivity index (χ3v) is 2.03. The largest absolute Gasteiger partial charge is 0.472 e. The topological polar surface area (TPSA) is 63.0 Å². The maximum absolute atomic E-state index is 8.79. The molecule has 0 bridgehead atoms. The molecule has 2 rings (SSSR count). The molecule has 0 aliphatic heterocycles. The SMILES string of the molecule is N#Cc1cc(-c2ccoc2)ccc1N. The van der Waals surface area contributed by atoms with Crippen LogP contribution in [0.1, 0.15) is 5.56 Å². The van der Waals surface area contributed by atoms with Crippen LogP contribution in [0.4, 0.5) is 5.69 Å². The van der Waals surface area contributed by atoms with Crippen molar-refractivity contribution in [3.05, 3.63) is 42.4 Å². The number of nitrogens with zero attached hydrogens (tertiary/aromatic N) is 1. The predicted molar refractivity (Wildman–Crippen MR) is 53.3 cm³/mol. The van der Waals surface area contributed by atoms with Crippen LogP contribution >= 0.6 is 0 Å². The molecule has 3 heteroatoms. The normalized spacial score (nSPS) is 9.64. The van der Waals surface area contributed by atoms with Crippen molar-refractivity contribution in [3.8, 4) is 17.2 Å². The van der Waals surface area contributed by atoms with E-state index in [4.69, 9.17) is 15.4 Å². The standard InChI is InChI=1S/C11H8N2O/c12-6-10-5-8(1-2-11(10)13)9-3-4-14-7-9/h1-5,7H,13H2. The van der Waals surface area contributed by atoms with Gasteiger partial charge in [-0.25, -0.2) is 0 Å². The van der Waals surface area contributed by atoms with Crippen molar-refractivity contribution in [1.29, 1.82) is 5.26 Å². The van der Waals surface area contributed by atoms with Crippen molar-refractivity contribution < 1.29 is 4.42 Å². The van der Waals surface area contributed by atoms with Gasteiger partial charge in [0.2, 0.25) is 0 Å². The summed E-state index contributed by atoms with van der Waals surface area (Å²) in [6.07, 6.45) is 3.23. The minimum Gasteiger partial charge on any atom is -0.472 e. The zero-order valence-electron chi connectivity index (χ0n) is 7.40. The van der Waals surface area contributed by atoms with Crippen LogP contribution in [0.3, 0.4) is 0 Å². The minimum atomic E-state index is 0.490. The maximum Gasteiger partial charge on any atom is 0.101 e. The summed E-state index contributed by atoms with van der Waals surface area (Å²) in [5.41, 5.74) is 8.48. The molecule has 2 N–H and O–H groups in total. The minimum absolute atomic E-state index is 0.490. The van der Waals surface area contributed by atoms with Gasteiger partial charge in [0.25, 0.3) is 0 Å². The molecule has 14 heavy (non-hydrogen) atoms. The van der Waals surface area contributed by atoms with Crippen LogP contribution < -0.4 is 5.73 Å². The number of nitrogens with two attached hydrogens (primary N) is 1. The summed E-state index contributed by atoms with van der Waals surface area (Å²) in [6, 6.07) is 9.22. The van der Waals surface area contributed by atoms with Crippen molar-refractivity contribution in [2.75, 3.05) is 5.73 Å². The smallest absolute Gasteiger partial charge is 0.101 e. The zero-order valence-corrected chi connectivity index (χ0v) is 7.40. The molecule has 0 saturated heterocycles. The highest BCUT2D eigenvalue weighted by molar-refractivity contribution is 5.69. The van der Waals surface area contributed by atoms with E-state index < -0.39 is 0 Å². The third-order valence-electron chi connectivity index (χ3n) is 2.03. The molecule has 3 nitrogen and oxygen atoms in total. The Labute approximate surface area is 81.4 Å². The van der Waals surface area contributed by atoms with Gasteiger partial charge in [0, 0.05) is 11.3 Å². The fourth-order valence-corrected chi connectivity index (χ4v) is 1.26. The number of anilines is 1. The van der Waals surface area contributed by atoms with Crippen LogP contribution in [0, 0.1) is 11.3 Å². The fourth-order valence-electron chi connectivity index (χ4n) is 1.26. The number of furan rings is 1. The highest BCUT2D eigenvalue weighted by atomic mass is 16.3. The van der Waals surface area contributed by atoms with Gasteiger partial charge in [-0.1, -0.05) is 6.07 Å². The Morgan fingerprint density at radius 2 is 2.07 bits per heavy atom. The Bertz CT molecular complexity index is 480. The molecule has 0 aliphatic carbocycles. The summed E-state index contributed by atoms with van der Waals surface area (Å²) in [5.74, 6) is 0. The summed E-state index contributed by atoms with van der Waals surface area (Å²) in [4.78, 5) is 0. The summed E-state index contributed by atoms with van der Waals surface area (Å²) >= 11 is 0. The molecule has 0 atom stereocenters. The van der Waals surface area contributed by atoms with Gasteiger partial charge in [-0.2, -0.15) is 5.26 Å². The highest BCUT2D eigenvalue weighted by Crippen LogP contribution is 2.23. The monoisotopic (exact) mass is 184 g/mol. The van der Waals surface area contributed by atoms with E-state index in [-0.39, 0.29) is 0 Å². The first kappa shape index (κ1) is 8.39. The maximum atomic E-state index is 8.79. The number of nitriles is 1. The van der Waals surface area contributed by atoms with Gasteiger partial charge in [-0.15, -0.1) is 0 Å². The molecular formula is C11H8N2O. The van der Waals surface area contributed by atoms with Gasteiger partial charge >= 0.3 is 0 Å². The first-order valence-corrected chi connectivity index (χ1v) is 4.13. The fraction of sp³-hybridized carbons (Fsp3) is 0. The Morgan fingerprint density at radius 1 is 1.21 bits per heavy atom. The van der Waals surface area contributed by atoms with E-state index in [1.165, 1.54) is 0 Å². The first-order chi connectivity index (χ1) is 6.81. The van der Waals surface area contributed by atoms with Crippen LogP contribution in [0.5, 0.6) is 0 Å². The quantitative estimate of drug-likeness (QED) is 0.692. The van der Waals surface area contributed by atoms with E-state index in [1.807, 2.05) is 18.2 Å². The third kappa shape index (κ3) is 1.34. The molecule has 0 radical (unpaired) electrons. The lowest BCUT2D eigenvalue weighted by Gasteiger charge is -2.00. The van der Waals surface area contributed by atoms with Gasteiger partial charge < -0.3 is 10.2 Å². The average molecular weight is 184 g/mol. The molecule has 2 aromatic rings. The van der Waals surface area contributed by atoms with E-state index >= 15 is 0 Å². The Hall–Kier alpha value is -2.21. The molecule has 0 aliphatic rings. The second kappa shape index (κ2) is 3.27. The van der Waals surface area contributed by atoms with Crippen molar-refractivity contribution in [2.24, 2.45) is 0 Å². The number of nitrogen functional groups attached to an aromatic ring is 1. The molecular weight excluding hydrogens is 176 g/mol. The van der Waals surface area contributed by atoms with E-state index in [0.717, 1.165) is 11.1 Å². The van der Waals surface area contributed by atoms with Gasteiger partial charge in [-0.3, -0.25) is 0 Å². The Kier molecular flexibility index (Phi) is 1.96. The van der Waals surface area contributed by atoms with E-state index in [0.29, 0.717) is 11.3 Å². The predicted octanol–water partition coefficient (Wildman–Crippen LogP) is 2.40. The Balaban J connectivity index is 2.53. The van der Waals surface area contributed by atoms with E-state index in [9.17, 15) is 0 Å². The van der Waals surface area contributed by atoms with Crippen LogP contribution in [-0.4, -0.2) is 0 Å². The van der Waals surface area contributed by atoms with Gasteiger partial charge in [-0.05, 0) is 23.8 Å². The van der Waals surface area contributed by atoms with Crippen molar-refractivity contribution in [2.45, 2.75) is 0 Å². The van der Waals surface area contributed by atoms with Crippen LogP contribution in [0.25, 0.3) is 11.1 Å². The van der Waals surface area contributed by atoms with E-state index in [2.05, 4.69) is 0 Å². The molecule has 68 valence electrons. The number of hydrogen-bond acceptors (Lipinski definition) is 3. The lowest BCUT2D eigenvalue weighted by atomic mass is 10.1. The van der Waals surface area contributed by atoms with Crippen LogP contribution in [-0.2, 0) is 0 Å². The van der Waals surface area contributed by atoms with Crippen molar-refractivity contribution in [3.63, 3.8) is 0 Å². The number of hydrogen-bond donors (Lipinski definition) is 1. The van der Waals surface area contributed by atoms with Crippen LogP contribution in [0.15, 0.2) is 41.2 Å². The van der Waals surface area contributed by atoms with Gasteiger partial charge in [0.1, 0.15) is 6.07 Å². The second-order valence-corrected chi connectivity index (χ2v) is 2.93. The lowest BCUT2D eigenvalue weighted by molar-refractivity contribution is 0.568. The number of rotatable bonds is 1. The second-order valence-electron chi connectivity index (χ2n) is 2.93. The molecule has 0 amide bonds. The highest BCUT2D eigenvalue weighted by Gasteiger charge is 2.02. The molecule has 1 aromatic heterocycles. The summed E-state index contributed by atoms with van der Waals surface area (Å²) in [6.45, 7) is 0. The van der Waals surface area contributed by atoms with Crippen LogP contribution in [0.2, 0.25) is 0 Å². The zero-order chi connectivity index (χ0) is 9.97. The van der Waals surface area contributed by atoms with Crippen molar-refractivity contribution in [1.82, 2.24) is 0 Å². The molecule has 0 spiro atoms. The average Bonchev–Trinajstić information content (AvgIpc) is 2.71. The molecule has 0 fully saturated rings. The summed E-state index contributed by atoms with van der Waals surface area (Å²) in [7, 11) is 0. The number of benzene rings is 1. The van der Waals surface area contributed by atoms with Crippen molar-refractivity contribution >= 4 is 5.69 Å². The molecule has 1 aromatic carbocycles. The lowest BCUT2D eigenvalue weighted by Crippen LogP contribution is -1.89. The molecule has 0 unspecified atom stereocenters. The summed E-state index contributed by atoms with van der Waals surface area (Å²) in [5, 5.41) is 8.79. The van der Waals surface area contributed by atoms with Gasteiger partial charge in [0.15, 0.2) is 0 Å².